The molecule has 0 saturated carbocycles. The first-order valence-electron chi connectivity index (χ1n) is 14.4. The van der Waals surface area contributed by atoms with Gasteiger partial charge >= 0.3 is 0 Å². The molecule has 1 saturated heterocycles. The quantitative estimate of drug-likeness (QED) is 0.125. The number of thioether (sulfide) groups is 2. The van der Waals surface area contributed by atoms with Gasteiger partial charge in [0.1, 0.15) is 0 Å². The summed E-state index contributed by atoms with van der Waals surface area (Å²) in [7, 11) is 0. The Morgan fingerprint density at radius 1 is 0.686 bits per heavy atom. The van der Waals surface area contributed by atoms with Crippen molar-refractivity contribution in [3.8, 4) is 0 Å². The van der Waals surface area contributed by atoms with Gasteiger partial charge in [0.15, 0.2) is 10.3 Å². The van der Waals surface area contributed by atoms with Crippen LogP contribution in [0, 0.1) is 0 Å². The third-order valence-electron chi connectivity index (χ3n) is 6.34. The zero-order valence-electron chi connectivity index (χ0n) is 22.6. The number of hydrogen-bond donors (Lipinski definition) is 1. The van der Waals surface area contributed by atoms with E-state index in [4.69, 9.17) is 19.7 Å². The van der Waals surface area contributed by atoms with Gasteiger partial charge in [-0.25, -0.2) is 0 Å². The number of anilines is 1. The number of morpholine rings is 1. The number of rotatable bonds is 22. The van der Waals surface area contributed by atoms with E-state index in [1.54, 1.807) is 23.5 Å². The van der Waals surface area contributed by atoms with Crippen LogP contribution in [0.3, 0.4) is 0 Å². The van der Waals surface area contributed by atoms with E-state index in [1.165, 1.54) is 83.5 Å². The van der Waals surface area contributed by atoms with Gasteiger partial charge in [0, 0.05) is 31.1 Å². The van der Waals surface area contributed by atoms with E-state index < -0.39 is 0 Å². The summed E-state index contributed by atoms with van der Waals surface area (Å²) in [5.74, 6) is 2.92. The van der Waals surface area contributed by atoms with Gasteiger partial charge in [-0.1, -0.05) is 108 Å². The molecule has 0 radical (unpaired) electrons. The van der Waals surface area contributed by atoms with Crippen LogP contribution in [0.1, 0.15) is 104 Å². The average molecular weight is 526 g/mol. The molecule has 0 bridgehead atoms. The van der Waals surface area contributed by atoms with Crippen molar-refractivity contribution in [3.63, 3.8) is 0 Å². The lowest BCUT2D eigenvalue weighted by atomic mass is 10.1. The van der Waals surface area contributed by atoms with E-state index in [0.29, 0.717) is 0 Å². The second kappa shape index (κ2) is 21.5. The summed E-state index contributed by atoms with van der Waals surface area (Å²) in [6, 6.07) is 0. The normalized spacial score (nSPS) is 14.5. The number of aromatic nitrogens is 3. The Hall–Kier alpha value is -0.570. The highest BCUT2D eigenvalue weighted by Gasteiger charge is 2.11. The maximum Gasteiger partial charge on any atom is 0.227 e. The highest BCUT2D eigenvalue weighted by Crippen LogP contribution is 2.23. The minimum Gasteiger partial charge on any atom is -0.379 e. The van der Waals surface area contributed by atoms with Crippen molar-refractivity contribution in [2.75, 3.05) is 56.2 Å². The number of nitrogens with one attached hydrogen (secondary N) is 1. The predicted molar refractivity (Wildman–Crippen MR) is 153 cm³/mol. The predicted octanol–water partition coefficient (Wildman–Crippen LogP) is 7.30. The Kier molecular flexibility index (Phi) is 18.8. The van der Waals surface area contributed by atoms with Gasteiger partial charge < -0.3 is 10.1 Å². The van der Waals surface area contributed by atoms with Crippen LogP contribution < -0.4 is 5.32 Å². The molecular weight excluding hydrogens is 474 g/mol. The van der Waals surface area contributed by atoms with E-state index >= 15 is 0 Å². The number of unbranched alkanes of at least 4 members (excludes halogenated alkanes) is 11. The third-order valence-corrected chi connectivity index (χ3v) is 8.21. The van der Waals surface area contributed by atoms with Crippen LogP contribution in [-0.2, 0) is 4.74 Å². The second-order valence-electron chi connectivity index (χ2n) is 9.54. The van der Waals surface area contributed by atoms with Crippen LogP contribution in [0.15, 0.2) is 10.3 Å². The van der Waals surface area contributed by atoms with Crippen molar-refractivity contribution in [1.82, 2.24) is 19.9 Å². The summed E-state index contributed by atoms with van der Waals surface area (Å²) >= 11 is 3.58. The largest absolute Gasteiger partial charge is 0.379 e. The van der Waals surface area contributed by atoms with E-state index in [9.17, 15) is 0 Å². The summed E-state index contributed by atoms with van der Waals surface area (Å²) in [5.41, 5.74) is 0. The van der Waals surface area contributed by atoms with Crippen LogP contribution in [-0.4, -0.2) is 70.8 Å². The van der Waals surface area contributed by atoms with E-state index in [-0.39, 0.29) is 0 Å². The molecule has 6 nitrogen and oxygen atoms in total. The maximum atomic E-state index is 5.44. The Morgan fingerprint density at radius 3 is 1.77 bits per heavy atom. The highest BCUT2D eigenvalue weighted by molar-refractivity contribution is 7.99. The molecule has 1 aromatic heterocycles. The summed E-state index contributed by atoms with van der Waals surface area (Å²) in [6.07, 6.45) is 18.5. The molecule has 0 amide bonds. The second-order valence-corrected chi connectivity index (χ2v) is 11.7. The zero-order chi connectivity index (χ0) is 24.8. The lowest BCUT2D eigenvalue weighted by molar-refractivity contribution is 0.0378. The Morgan fingerprint density at radius 2 is 1.20 bits per heavy atom. The van der Waals surface area contributed by atoms with E-state index in [0.717, 1.165) is 73.6 Å². The molecule has 202 valence electrons. The maximum absolute atomic E-state index is 5.44. The van der Waals surface area contributed by atoms with Crippen molar-refractivity contribution in [3.05, 3.63) is 0 Å². The smallest absolute Gasteiger partial charge is 0.227 e. The molecule has 0 spiro atoms. The molecule has 0 aliphatic carbocycles. The van der Waals surface area contributed by atoms with Gasteiger partial charge in [0.2, 0.25) is 5.95 Å². The summed E-state index contributed by atoms with van der Waals surface area (Å²) in [6.45, 7) is 10.3. The van der Waals surface area contributed by atoms with Crippen LogP contribution in [0.5, 0.6) is 0 Å². The SMILES string of the molecule is CCCCCCCCCCCSc1nc(NCCCN2CCOCC2)nc(SCCCCCC)n1. The minimum absolute atomic E-state index is 0.743. The average Bonchev–Trinajstić information content (AvgIpc) is 2.88. The number of ether oxygens (including phenoxy) is 1. The summed E-state index contributed by atoms with van der Waals surface area (Å²) < 4.78 is 5.44. The van der Waals surface area contributed by atoms with Crippen molar-refractivity contribution < 1.29 is 4.74 Å². The van der Waals surface area contributed by atoms with Gasteiger partial charge in [-0.15, -0.1) is 0 Å². The molecule has 2 heterocycles. The fourth-order valence-corrected chi connectivity index (χ4v) is 5.87. The van der Waals surface area contributed by atoms with Crippen molar-refractivity contribution in [1.29, 1.82) is 0 Å². The molecule has 8 heteroatoms. The highest BCUT2D eigenvalue weighted by atomic mass is 32.2. The minimum atomic E-state index is 0.743. The van der Waals surface area contributed by atoms with Gasteiger partial charge in [-0.2, -0.15) is 15.0 Å². The standard InChI is InChI=1S/C27H51N5OS2/c1-3-5-7-9-10-11-12-13-15-24-35-27-30-25(28-17-16-18-32-19-21-33-22-20-32)29-26(31-27)34-23-14-8-6-4-2/h3-24H2,1-2H3,(H,28,29,30,31). The molecule has 35 heavy (non-hydrogen) atoms. The van der Waals surface area contributed by atoms with Crippen molar-refractivity contribution in [2.45, 2.75) is 114 Å². The van der Waals surface area contributed by atoms with Gasteiger partial charge in [0.25, 0.3) is 0 Å². The fourth-order valence-electron chi connectivity index (χ4n) is 4.14. The fraction of sp³-hybridized carbons (Fsp3) is 0.889. The van der Waals surface area contributed by atoms with Gasteiger partial charge in [-0.05, 0) is 25.8 Å². The van der Waals surface area contributed by atoms with Crippen LogP contribution >= 0.6 is 23.5 Å². The number of hydrogen-bond acceptors (Lipinski definition) is 8. The monoisotopic (exact) mass is 525 g/mol. The number of nitrogens with zero attached hydrogens (tertiary/aromatic N) is 4. The molecule has 0 atom stereocenters. The van der Waals surface area contributed by atoms with Crippen molar-refractivity contribution in [2.24, 2.45) is 0 Å². The van der Waals surface area contributed by atoms with Crippen LogP contribution in [0.2, 0.25) is 0 Å². The van der Waals surface area contributed by atoms with Gasteiger partial charge in [0.05, 0.1) is 13.2 Å². The lowest BCUT2D eigenvalue weighted by Gasteiger charge is -2.26. The third kappa shape index (κ3) is 16.0. The Bertz CT molecular complexity index is 632. The molecule has 1 fully saturated rings. The lowest BCUT2D eigenvalue weighted by Crippen LogP contribution is -2.37. The summed E-state index contributed by atoms with van der Waals surface area (Å²) in [5, 5.41) is 5.23. The first-order chi connectivity index (χ1) is 17.3. The molecule has 0 aromatic carbocycles. The van der Waals surface area contributed by atoms with Crippen molar-refractivity contribution >= 4 is 29.5 Å². The first-order valence-corrected chi connectivity index (χ1v) is 16.3. The molecule has 0 unspecified atom stereocenters. The summed E-state index contributed by atoms with van der Waals surface area (Å²) in [4.78, 5) is 16.7. The first kappa shape index (κ1) is 30.7. The molecule has 2 rings (SSSR count). The Balaban J connectivity index is 1.71. The van der Waals surface area contributed by atoms with Crippen LogP contribution in [0.4, 0.5) is 5.95 Å². The molecule has 1 N–H and O–H groups in total. The zero-order valence-corrected chi connectivity index (χ0v) is 24.2. The molecule has 1 aliphatic heterocycles. The van der Waals surface area contributed by atoms with Gasteiger partial charge in [-0.3, -0.25) is 4.90 Å². The topological polar surface area (TPSA) is 63.2 Å². The molecule has 1 aliphatic rings. The van der Waals surface area contributed by atoms with E-state index in [1.807, 2.05) is 0 Å². The molecular formula is C27H51N5OS2. The Labute approximate surface area is 224 Å². The van der Waals surface area contributed by atoms with E-state index in [2.05, 4.69) is 24.1 Å². The molecule has 1 aromatic rings. The van der Waals surface area contributed by atoms with Crippen LogP contribution in [0.25, 0.3) is 0 Å².